The van der Waals surface area contributed by atoms with Gasteiger partial charge in [-0.1, -0.05) is 6.07 Å². The molecular weight excluding hydrogens is 338 g/mol. The number of carbonyl (C=O) groups is 2. The fourth-order valence-electron chi connectivity index (χ4n) is 2.55. The van der Waals surface area contributed by atoms with Crippen LogP contribution in [0.2, 0.25) is 0 Å². The molecule has 25 heavy (non-hydrogen) atoms. The molecule has 0 saturated carbocycles. The first kappa shape index (κ1) is 17.2. The van der Waals surface area contributed by atoms with Crippen molar-refractivity contribution < 1.29 is 14.7 Å². The van der Waals surface area contributed by atoms with Crippen LogP contribution in [-0.2, 0) is 23.2 Å². The normalized spacial score (nSPS) is 12.1. The highest BCUT2D eigenvalue weighted by Crippen LogP contribution is 2.20. The van der Waals surface area contributed by atoms with E-state index >= 15 is 0 Å². The Kier molecular flexibility index (Phi) is 5.16. The number of rotatable bonds is 5. The Balaban J connectivity index is 1.52. The molecule has 2 heterocycles. The van der Waals surface area contributed by atoms with E-state index in [2.05, 4.69) is 10.6 Å². The number of amides is 2. The highest BCUT2D eigenvalue weighted by atomic mass is 32.1. The van der Waals surface area contributed by atoms with Crippen molar-refractivity contribution in [2.45, 2.75) is 12.6 Å². The number of aliphatic hydroxyl groups excluding tert-OH is 1. The maximum Gasteiger partial charge on any atom is 0.309 e. The molecule has 0 bridgehead atoms. The summed E-state index contributed by atoms with van der Waals surface area (Å²) in [7, 11) is 1.95. The second-order valence-electron chi connectivity index (χ2n) is 5.78. The van der Waals surface area contributed by atoms with Gasteiger partial charge in [-0.05, 0) is 51.5 Å². The first-order valence-corrected chi connectivity index (χ1v) is 8.79. The van der Waals surface area contributed by atoms with Gasteiger partial charge in [0.15, 0.2) is 0 Å². The Bertz CT molecular complexity index is 886. The lowest BCUT2D eigenvalue weighted by Gasteiger charge is -2.12. The first-order chi connectivity index (χ1) is 12.0. The Labute approximate surface area is 149 Å². The van der Waals surface area contributed by atoms with Crippen molar-refractivity contribution in [3.63, 3.8) is 0 Å². The number of aryl methyl sites for hydroxylation is 1. The summed E-state index contributed by atoms with van der Waals surface area (Å²) in [6, 6.07) is 9.45. The summed E-state index contributed by atoms with van der Waals surface area (Å²) >= 11 is 1.53. The van der Waals surface area contributed by atoms with Gasteiger partial charge in [-0.15, -0.1) is 0 Å². The van der Waals surface area contributed by atoms with Crippen molar-refractivity contribution in [2.24, 2.45) is 7.05 Å². The Morgan fingerprint density at radius 1 is 1.20 bits per heavy atom. The van der Waals surface area contributed by atoms with E-state index < -0.39 is 17.9 Å². The van der Waals surface area contributed by atoms with Crippen LogP contribution in [0.25, 0.3) is 10.9 Å². The van der Waals surface area contributed by atoms with E-state index in [0.717, 1.165) is 16.5 Å². The minimum Gasteiger partial charge on any atom is -0.387 e. The van der Waals surface area contributed by atoms with Gasteiger partial charge in [0.25, 0.3) is 0 Å². The lowest BCUT2D eigenvalue weighted by Crippen LogP contribution is -2.41. The summed E-state index contributed by atoms with van der Waals surface area (Å²) in [5.74, 6) is -1.47. The molecule has 0 aliphatic rings. The van der Waals surface area contributed by atoms with Crippen LogP contribution < -0.4 is 10.6 Å². The maximum absolute atomic E-state index is 11.8. The van der Waals surface area contributed by atoms with Crippen LogP contribution in [0.5, 0.6) is 0 Å². The zero-order chi connectivity index (χ0) is 17.8. The minimum atomic E-state index is -0.877. The fraction of sp³-hybridized carbons (Fsp3) is 0.222. The molecule has 0 saturated heterocycles. The molecule has 2 aromatic heterocycles. The van der Waals surface area contributed by atoms with E-state index in [0.29, 0.717) is 12.1 Å². The van der Waals surface area contributed by atoms with E-state index in [-0.39, 0.29) is 6.54 Å². The number of nitrogens with one attached hydrogen (secondary N) is 2. The van der Waals surface area contributed by atoms with Crippen LogP contribution in [0.3, 0.4) is 0 Å². The van der Waals surface area contributed by atoms with Gasteiger partial charge in [0, 0.05) is 31.9 Å². The average molecular weight is 357 g/mol. The summed E-state index contributed by atoms with van der Waals surface area (Å²) in [5.41, 5.74) is 2.70. The van der Waals surface area contributed by atoms with Crippen LogP contribution in [0, 0.1) is 0 Å². The van der Waals surface area contributed by atoms with Gasteiger partial charge < -0.3 is 20.3 Å². The van der Waals surface area contributed by atoms with Gasteiger partial charge in [0.2, 0.25) is 0 Å². The van der Waals surface area contributed by atoms with Gasteiger partial charge in [0.1, 0.15) is 0 Å². The summed E-state index contributed by atoms with van der Waals surface area (Å²) < 4.78 is 1.99. The van der Waals surface area contributed by atoms with Gasteiger partial charge in [-0.2, -0.15) is 11.3 Å². The summed E-state index contributed by atoms with van der Waals surface area (Å²) in [6.45, 7) is 0.284. The molecule has 3 rings (SSSR count). The Hall–Kier alpha value is -2.64. The van der Waals surface area contributed by atoms with Gasteiger partial charge >= 0.3 is 11.8 Å². The predicted octanol–water partition coefficient (Wildman–Crippen LogP) is 1.71. The molecule has 1 atom stereocenters. The van der Waals surface area contributed by atoms with E-state index in [1.807, 2.05) is 58.9 Å². The zero-order valence-electron chi connectivity index (χ0n) is 13.7. The SMILES string of the molecule is Cn1ccc2cc(C(O)CNC(=O)C(=O)NCc3ccsc3)ccc21. The number of hydrogen-bond acceptors (Lipinski definition) is 4. The van der Waals surface area contributed by atoms with Gasteiger partial charge in [-0.3, -0.25) is 9.59 Å². The number of thiophene rings is 1. The van der Waals surface area contributed by atoms with Crippen LogP contribution >= 0.6 is 11.3 Å². The summed E-state index contributed by atoms with van der Waals surface area (Å²) in [5, 5.41) is 20.1. The van der Waals surface area contributed by atoms with Crippen LogP contribution in [-0.4, -0.2) is 28.0 Å². The van der Waals surface area contributed by atoms with Crippen LogP contribution in [0.4, 0.5) is 0 Å². The highest BCUT2D eigenvalue weighted by Gasteiger charge is 2.16. The van der Waals surface area contributed by atoms with Gasteiger partial charge in [0.05, 0.1) is 6.10 Å². The molecule has 3 aromatic rings. The molecule has 0 radical (unpaired) electrons. The van der Waals surface area contributed by atoms with Crippen molar-refractivity contribution >= 4 is 34.1 Å². The molecule has 0 aliphatic carbocycles. The molecule has 0 fully saturated rings. The third kappa shape index (κ3) is 4.07. The quantitative estimate of drug-likeness (QED) is 0.608. The number of nitrogens with zero attached hydrogens (tertiary/aromatic N) is 1. The molecule has 0 aliphatic heterocycles. The molecule has 2 amide bonds. The Morgan fingerprint density at radius 2 is 2.00 bits per heavy atom. The van der Waals surface area contributed by atoms with Crippen molar-refractivity contribution in [2.75, 3.05) is 6.54 Å². The van der Waals surface area contributed by atoms with Crippen molar-refractivity contribution in [3.8, 4) is 0 Å². The second kappa shape index (κ2) is 7.50. The van der Waals surface area contributed by atoms with E-state index in [1.54, 1.807) is 0 Å². The fourth-order valence-corrected chi connectivity index (χ4v) is 3.22. The number of benzene rings is 1. The number of aromatic nitrogens is 1. The van der Waals surface area contributed by atoms with Crippen molar-refractivity contribution in [1.29, 1.82) is 0 Å². The maximum atomic E-state index is 11.8. The molecule has 3 N–H and O–H groups in total. The third-order valence-corrected chi connectivity index (χ3v) is 4.72. The summed E-state index contributed by atoms with van der Waals surface area (Å²) in [6.07, 6.45) is 1.07. The van der Waals surface area contributed by atoms with E-state index in [9.17, 15) is 14.7 Å². The summed E-state index contributed by atoms with van der Waals surface area (Å²) in [4.78, 5) is 23.6. The lowest BCUT2D eigenvalue weighted by molar-refractivity contribution is -0.139. The topological polar surface area (TPSA) is 83.4 Å². The standard InChI is InChI=1S/C18H19N3O3S/c1-21-6-4-13-8-14(2-3-15(13)21)16(22)10-20-18(24)17(23)19-9-12-5-7-25-11-12/h2-8,11,16,22H,9-10H2,1H3,(H,19,23)(H,20,24). The van der Waals surface area contributed by atoms with Crippen molar-refractivity contribution in [3.05, 3.63) is 58.4 Å². The molecule has 1 aromatic carbocycles. The number of aliphatic hydroxyl groups is 1. The molecule has 6 nitrogen and oxygen atoms in total. The number of hydrogen-bond donors (Lipinski definition) is 3. The lowest BCUT2D eigenvalue weighted by atomic mass is 10.1. The number of fused-ring (bicyclic) bond motifs is 1. The molecule has 7 heteroatoms. The highest BCUT2D eigenvalue weighted by molar-refractivity contribution is 7.07. The van der Waals surface area contributed by atoms with Crippen LogP contribution in [0.1, 0.15) is 17.2 Å². The predicted molar refractivity (Wildman–Crippen MR) is 97.1 cm³/mol. The van der Waals surface area contributed by atoms with E-state index in [1.165, 1.54) is 11.3 Å². The second-order valence-corrected chi connectivity index (χ2v) is 6.57. The van der Waals surface area contributed by atoms with E-state index in [4.69, 9.17) is 0 Å². The average Bonchev–Trinajstić information content (AvgIpc) is 3.27. The van der Waals surface area contributed by atoms with Gasteiger partial charge in [-0.25, -0.2) is 0 Å². The molecule has 130 valence electrons. The smallest absolute Gasteiger partial charge is 0.309 e. The van der Waals surface area contributed by atoms with Crippen molar-refractivity contribution in [1.82, 2.24) is 15.2 Å². The molecule has 0 spiro atoms. The zero-order valence-corrected chi connectivity index (χ0v) is 14.5. The van der Waals surface area contributed by atoms with Crippen LogP contribution in [0.15, 0.2) is 47.3 Å². The molecular formula is C18H19N3O3S. The first-order valence-electron chi connectivity index (χ1n) is 7.85. The monoisotopic (exact) mass is 357 g/mol. The Morgan fingerprint density at radius 3 is 2.76 bits per heavy atom. The number of carbonyl (C=O) groups excluding carboxylic acids is 2. The largest absolute Gasteiger partial charge is 0.387 e. The third-order valence-electron chi connectivity index (χ3n) is 3.99. The molecule has 1 unspecified atom stereocenters. The minimum absolute atomic E-state index is 0.0248.